The maximum absolute atomic E-state index is 13.1. The lowest BCUT2D eigenvalue weighted by atomic mass is 10.3. The zero-order valence-electron chi connectivity index (χ0n) is 6.42. The van der Waals surface area contributed by atoms with Crippen LogP contribution in [0, 0.1) is 9.39 Å². The fourth-order valence-electron chi connectivity index (χ4n) is 0.743. The maximum atomic E-state index is 13.1. The third-order valence-corrected chi connectivity index (χ3v) is 2.15. The lowest BCUT2D eigenvalue weighted by Crippen LogP contribution is -2.21. The number of hydrogen-bond acceptors (Lipinski definition) is 2. The Labute approximate surface area is 87.3 Å². The minimum atomic E-state index is -1.19. The third kappa shape index (κ3) is 2.79. The van der Waals surface area contributed by atoms with Crippen LogP contribution in [0.2, 0.25) is 0 Å². The van der Waals surface area contributed by atoms with Gasteiger partial charge in [0.05, 0.1) is 15.8 Å². The van der Waals surface area contributed by atoms with Crippen molar-refractivity contribution in [3.8, 4) is 0 Å². The van der Waals surface area contributed by atoms with E-state index in [1.54, 1.807) is 0 Å². The van der Waals surface area contributed by atoms with Crippen LogP contribution in [0.5, 0.6) is 0 Å². The first-order valence-corrected chi connectivity index (χ1v) is 4.45. The number of aromatic nitrogens is 1. The predicted octanol–water partition coefficient (Wildman–Crippen LogP) is 1.59. The van der Waals surface area contributed by atoms with E-state index in [0.717, 1.165) is 0 Å². The number of amides is 1. The average Bonchev–Trinajstić information content (AvgIpc) is 2.07. The van der Waals surface area contributed by atoms with Gasteiger partial charge in [-0.3, -0.25) is 4.98 Å². The molecule has 0 fully saturated rings. The highest BCUT2D eigenvalue weighted by molar-refractivity contribution is 14.1. The molecule has 0 unspecified atom stereocenters. The van der Waals surface area contributed by atoms with Crippen LogP contribution in [0.15, 0.2) is 12.3 Å². The molecule has 1 aromatic rings. The van der Waals surface area contributed by atoms with E-state index >= 15 is 0 Å². The summed E-state index contributed by atoms with van der Waals surface area (Å²) < 4.78 is 13.6. The fraction of sp³-hybridized carbons (Fsp3) is 0.143. The SMILES string of the molecule is O=C(O)NCc1nccc(I)c1F. The lowest BCUT2D eigenvalue weighted by molar-refractivity contribution is 0.193. The van der Waals surface area contributed by atoms with E-state index in [-0.39, 0.29) is 12.2 Å². The van der Waals surface area contributed by atoms with Crippen molar-refractivity contribution >= 4 is 28.7 Å². The summed E-state index contributed by atoms with van der Waals surface area (Å²) in [6.07, 6.45) is 0.240. The molecule has 4 nitrogen and oxygen atoms in total. The largest absolute Gasteiger partial charge is 0.465 e. The van der Waals surface area contributed by atoms with Gasteiger partial charge in [0.25, 0.3) is 0 Å². The summed E-state index contributed by atoms with van der Waals surface area (Å²) in [7, 11) is 0. The van der Waals surface area contributed by atoms with Gasteiger partial charge in [0.15, 0.2) is 5.82 Å². The normalized spacial score (nSPS) is 9.69. The molecule has 0 aliphatic rings. The van der Waals surface area contributed by atoms with E-state index in [1.165, 1.54) is 12.3 Å². The Morgan fingerprint density at radius 2 is 2.46 bits per heavy atom. The molecule has 0 saturated heterocycles. The molecule has 1 rings (SSSR count). The molecule has 13 heavy (non-hydrogen) atoms. The number of nitrogens with one attached hydrogen (secondary N) is 1. The van der Waals surface area contributed by atoms with Gasteiger partial charge in [-0.1, -0.05) is 0 Å². The number of nitrogens with zero attached hydrogens (tertiary/aromatic N) is 1. The minimum absolute atomic E-state index is 0.106. The number of rotatable bonds is 2. The Bertz CT molecular complexity index is 332. The molecular formula is C7H6FIN2O2. The zero-order chi connectivity index (χ0) is 9.84. The predicted molar refractivity (Wildman–Crippen MR) is 51.8 cm³/mol. The lowest BCUT2D eigenvalue weighted by Gasteiger charge is -2.02. The van der Waals surface area contributed by atoms with Crippen LogP contribution in [0.25, 0.3) is 0 Å². The molecule has 0 spiro atoms. The van der Waals surface area contributed by atoms with Gasteiger partial charge in [0.2, 0.25) is 0 Å². The highest BCUT2D eigenvalue weighted by Crippen LogP contribution is 2.11. The second kappa shape index (κ2) is 4.35. The van der Waals surface area contributed by atoms with Gasteiger partial charge in [-0.2, -0.15) is 0 Å². The number of carbonyl (C=O) groups is 1. The van der Waals surface area contributed by atoms with E-state index in [1.807, 2.05) is 27.9 Å². The Kier molecular flexibility index (Phi) is 3.40. The van der Waals surface area contributed by atoms with E-state index < -0.39 is 11.9 Å². The molecule has 0 bridgehead atoms. The van der Waals surface area contributed by atoms with Crippen molar-refractivity contribution in [3.05, 3.63) is 27.3 Å². The molecule has 1 heterocycles. The fourth-order valence-corrected chi connectivity index (χ4v) is 1.22. The number of halogens is 2. The summed E-state index contributed by atoms with van der Waals surface area (Å²) in [4.78, 5) is 13.8. The molecule has 1 amide bonds. The molecule has 1 aromatic heterocycles. The smallest absolute Gasteiger partial charge is 0.404 e. The van der Waals surface area contributed by atoms with Crippen molar-refractivity contribution in [1.82, 2.24) is 10.3 Å². The van der Waals surface area contributed by atoms with Gasteiger partial charge in [-0.25, -0.2) is 9.18 Å². The van der Waals surface area contributed by atoms with Crippen molar-refractivity contribution in [2.24, 2.45) is 0 Å². The zero-order valence-corrected chi connectivity index (χ0v) is 8.58. The van der Waals surface area contributed by atoms with Crippen molar-refractivity contribution in [3.63, 3.8) is 0 Å². The second-order valence-electron chi connectivity index (χ2n) is 2.21. The van der Waals surface area contributed by atoms with Gasteiger partial charge in [-0.05, 0) is 28.7 Å². The molecule has 70 valence electrons. The van der Waals surface area contributed by atoms with E-state index in [9.17, 15) is 9.18 Å². The summed E-state index contributed by atoms with van der Waals surface area (Å²) in [6.45, 7) is -0.113. The van der Waals surface area contributed by atoms with Crippen LogP contribution in [0.3, 0.4) is 0 Å². The Morgan fingerprint density at radius 1 is 1.77 bits per heavy atom. The van der Waals surface area contributed by atoms with Crippen molar-refractivity contribution in [1.29, 1.82) is 0 Å². The van der Waals surface area contributed by atoms with Crippen LogP contribution in [-0.2, 0) is 6.54 Å². The van der Waals surface area contributed by atoms with Gasteiger partial charge < -0.3 is 10.4 Å². The second-order valence-corrected chi connectivity index (χ2v) is 3.37. The monoisotopic (exact) mass is 296 g/mol. The third-order valence-electron chi connectivity index (χ3n) is 1.32. The van der Waals surface area contributed by atoms with Crippen LogP contribution < -0.4 is 5.32 Å². The summed E-state index contributed by atoms with van der Waals surface area (Å²) in [5.41, 5.74) is 0.106. The summed E-state index contributed by atoms with van der Waals surface area (Å²) in [5.74, 6) is -0.475. The standard InChI is InChI=1S/C7H6FIN2O2/c8-6-4(9)1-2-10-5(6)3-11-7(12)13/h1-2,11H,3H2,(H,12,13). The van der Waals surface area contributed by atoms with Crippen LogP contribution in [-0.4, -0.2) is 16.2 Å². The summed E-state index contributed by atoms with van der Waals surface area (Å²) >= 11 is 1.82. The maximum Gasteiger partial charge on any atom is 0.404 e. The molecule has 0 atom stereocenters. The van der Waals surface area contributed by atoms with Crippen molar-refractivity contribution in [2.45, 2.75) is 6.54 Å². The topological polar surface area (TPSA) is 62.2 Å². The van der Waals surface area contributed by atoms with E-state index in [2.05, 4.69) is 4.98 Å². The van der Waals surface area contributed by atoms with Crippen LogP contribution in [0.4, 0.5) is 9.18 Å². The van der Waals surface area contributed by atoms with Crippen molar-refractivity contribution in [2.75, 3.05) is 0 Å². The summed E-state index contributed by atoms with van der Waals surface area (Å²) in [5, 5.41) is 10.3. The van der Waals surface area contributed by atoms with Gasteiger partial charge in [0.1, 0.15) is 0 Å². The average molecular weight is 296 g/mol. The molecular weight excluding hydrogens is 290 g/mol. The first-order chi connectivity index (χ1) is 6.11. The highest BCUT2D eigenvalue weighted by atomic mass is 127. The molecule has 0 saturated carbocycles. The van der Waals surface area contributed by atoms with Gasteiger partial charge in [0, 0.05) is 6.20 Å². The molecule has 0 aromatic carbocycles. The number of pyridine rings is 1. The first-order valence-electron chi connectivity index (χ1n) is 3.37. The quantitative estimate of drug-likeness (QED) is 0.815. The highest BCUT2D eigenvalue weighted by Gasteiger charge is 2.07. The number of hydrogen-bond donors (Lipinski definition) is 2. The summed E-state index contributed by atoms with van der Waals surface area (Å²) in [6, 6.07) is 1.51. The number of carboxylic acid groups (broad SMARTS) is 1. The van der Waals surface area contributed by atoms with E-state index in [4.69, 9.17) is 5.11 Å². The van der Waals surface area contributed by atoms with Gasteiger partial charge >= 0.3 is 6.09 Å². The Balaban J connectivity index is 2.77. The van der Waals surface area contributed by atoms with E-state index in [0.29, 0.717) is 3.57 Å². The van der Waals surface area contributed by atoms with Gasteiger partial charge in [-0.15, -0.1) is 0 Å². The first kappa shape index (κ1) is 10.2. The molecule has 2 N–H and O–H groups in total. The van der Waals surface area contributed by atoms with Crippen molar-refractivity contribution < 1.29 is 14.3 Å². The molecule has 0 radical (unpaired) electrons. The molecule has 0 aliphatic carbocycles. The minimum Gasteiger partial charge on any atom is -0.465 e. The molecule has 6 heteroatoms. The Hall–Kier alpha value is -0.920. The molecule has 0 aliphatic heterocycles. The Morgan fingerprint density at radius 3 is 3.08 bits per heavy atom. The van der Waals surface area contributed by atoms with Crippen LogP contribution in [0.1, 0.15) is 5.69 Å². The van der Waals surface area contributed by atoms with Crippen LogP contribution >= 0.6 is 22.6 Å².